The van der Waals surface area contributed by atoms with Crippen LogP contribution in [0.15, 0.2) is 35.9 Å². The van der Waals surface area contributed by atoms with Gasteiger partial charge < -0.3 is 31.6 Å². The summed E-state index contributed by atoms with van der Waals surface area (Å²) in [5, 5.41) is 5.73. The third-order valence-electron chi connectivity index (χ3n) is 4.07. The van der Waals surface area contributed by atoms with Crippen LogP contribution in [-0.4, -0.2) is 43.2 Å². The molecule has 1 unspecified atom stereocenters. The molecule has 12 heteroatoms. The van der Waals surface area contributed by atoms with Crippen molar-refractivity contribution in [2.45, 2.75) is 46.1 Å². The Hall–Kier alpha value is -3.02. The van der Waals surface area contributed by atoms with Gasteiger partial charge in [-0.1, -0.05) is 13.8 Å². The highest BCUT2D eigenvalue weighted by Gasteiger charge is 2.41. The van der Waals surface area contributed by atoms with Crippen LogP contribution in [0.3, 0.4) is 0 Å². The fourth-order valence-corrected chi connectivity index (χ4v) is 2.36. The van der Waals surface area contributed by atoms with E-state index in [2.05, 4.69) is 20.4 Å². The van der Waals surface area contributed by atoms with Crippen molar-refractivity contribution in [3.63, 3.8) is 0 Å². The van der Waals surface area contributed by atoms with Gasteiger partial charge in [0.25, 0.3) is 5.91 Å². The molecule has 1 aromatic heterocycles. The predicted octanol–water partition coefficient (Wildman–Crippen LogP) is 3.66. The van der Waals surface area contributed by atoms with E-state index < -0.39 is 36.8 Å². The number of alkyl halides is 4. The molecule has 33 heavy (non-hydrogen) atoms. The second-order valence-electron chi connectivity index (χ2n) is 7.75. The van der Waals surface area contributed by atoms with E-state index in [1.54, 1.807) is 26.0 Å². The van der Waals surface area contributed by atoms with E-state index in [0.717, 1.165) is 23.4 Å². The summed E-state index contributed by atoms with van der Waals surface area (Å²) >= 11 is 0. The van der Waals surface area contributed by atoms with Crippen LogP contribution < -0.4 is 22.1 Å². The number of hydrogen-bond acceptors (Lipinski definition) is 7. The fraction of sp³-hybridized carbons (Fsp3) is 0.524. The average molecular weight is 482 g/mol. The van der Waals surface area contributed by atoms with Crippen LogP contribution >= 0.6 is 0 Å². The monoisotopic (exact) mass is 481 g/mol. The van der Waals surface area contributed by atoms with Gasteiger partial charge in [0.2, 0.25) is 0 Å². The first-order chi connectivity index (χ1) is 15.3. The zero-order valence-electron chi connectivity index (χ0n) is 19.0. The highest BCUT2D eigenvalue weighted by atomic mass is 19.3. The molecule has 0 radical (unpaired) electrons. The van der Waals surface area contributed by atoms with Crippen LogP contribution in [0.5, 0.6) is 0 Å². The standard InChI is InChI=1S/C21H31F4N5O3.2H2/c1-12(2)9-32-11-28-18-8-15(7-13(3)29-18)14(4)30-19(31)16(26)5-6-17(27)33-10-21(24,25)20(22)23;;/h5-8,12,14,20H,9-11,26-27H2,1-4H3,(H,28,29)(H,30,31);2*1H/b16-5-,17-6+;;. The number of amides is 1. The lowest BCUT2D eigenvalue weighted by atomic mass is 10.1. The highest BCUT2D eigenvalue weighted by Crippen LogP contribution is 2.23. The SMILES string of the molecule is Cc1cc(C(C)NC(=O)/C(N)=C/C=C(\N)OCC(F)(F)C(F)F)cc(NCOCC(C)C)n1.[HH].[HH]. The molecule has 1 heterocycles. The lowest BCUT2D eigenvalue weighted by Gasteiger charge is -2.17. The molecular formula is C21H35F4N5O3. The first-order valence-electron chi connectivity index (χ1n) is 10.1. The van der Waals surface area contributed by atoms with Crippen molar-refractivity contribution >= 4 is 11.7 Å². The molecule has 0 aliphatic carbocycles. The number of allylic oxidation sites excluding steroid dienone is 2. The maximum atomic E-state index is 12.8. The molecule has 0 saturated heterocycles. The van der Waals surface area contributed by atoms with Gasteiger partial charge in [-0.3, -0.25) is 4.79 Å². The number of hydrogen-bond donors (Lipinski definition) is 4. The normalized spacial score (nSPS) is 13.9. The van der Waals surface area contributed by atoms with Crippen molar-refractivity contribution in [1.29, 1.82) is 0 Å². The Morgan fingerprint density at radius 1 is 1.24 bits per heavy atom. The van der Waals surface area contributed by atoms with Gasteiger partial charge in [-0.25, -0.2) is 13.8 Å². The third kappa shape index (κ3) is 10.4. The van der Waals surface area contributed by atoms with E-state index in [-0.39, 0.29) is 15.3 Å². The summed E-state index contributed by atoms with van der Waals surface area (Å²) in [7, 11) is 0. The first kappa shape index (κ1) is 28.0. The maximum Gasteiger partial charge on any atom is 0.340 e. The Labute approximate surface area is 193 Å². The van der Waals surface area contributed by atoms with Gasteiger partial charge in [-0.2, -0.15) is 8.78 Å². The van der Waals surface area contributed by atoms with Crippen molar-refractivity contribution in [3.05, 3.63) is 47.1 Å². The zero-order chi connectivity index (χ0) is 25.2. The van der Waals surface area contributed by atoms with Crippen LogP contribution in [0.25, 0.3) is 0 Å². The van der Waals surface area contributed by atoms with Gasteiger partial charge in [0.05, 0.1) is 18.3 Å². The van der Waals surface area contributed by atoms with Gasteiger partial charge in [0, 0.05) is 8.55 Å². The minimum atomic E-state index is -4.35. The average Bonchev–Trinajstić information content (AvgIpc) is 2.72. The number of ether oxygens (including phenoxy) is 2. The predicted molar refractivity (Wildman–Crippen MR) is 120 cm³/mol. The summed E-state index contributed by atoms with van der Waals surface area (Å²) in [6.07, 6.45) is -1.94. The van der Waals surface area contributed by atoms with Crippen molar-refractivity contribution < 1.29 is 34.7 Å². The third-order valence-corrected chi connectivity index (χ3v) is 4.07. The molecule has 0 fully saturated rings. The minimum absolute atomic E-state index is 0. The topological polar surface area (TPSA) is 125 Å². The van der Waals surface area contributed by atoms with Crippen molar-refractivity contribution in [3.8, 4) is 0 Å². The Bertz CT molecular complexity index is 858. The van der Waals surface area contributed by atoms with Gasteiger partial charge in [-0.05, 0) is 49.6 Å². The first-order valence-corrected chi connectivity index (χ1v) is 10.1. The Morgan fingerprint density at radius 2 is 1.91 bits per heavy atom. The quantitative estimate of drug-likeness (QED) is 0.0846. The molecule has 1 aromatic rings. The maximum absolute atomic E-state index is 12.8. The lowest BCUT2D eigenvalue weighted by Crippen LogP contribution is -2.33. The van der Waals surface area contributed by atoms with Crippen LogP contribution in [0, 0.1) is 12.8 Å². The highest BCUT2D eigenvalue weighted by molar-refractivity contribution is 5.93. The number of pyridine rings is 1. The molecule has 0 spiro atoms. The summed E-state index contributed by atoms with van der Waals surface area (Å²) in [5.74, 6) is -4.63. The van der Waals surface area contributed by atoms with E-state index in [9.17, 15) is 22.4 Å². The number of nitrogens with zero attached hydrogens (tertiary/aromatic N) is 1. The largest absolute Gasteiger partial charge is 0.473 e. The van der Waals surface area contributed by atoms with Crippen molar-refractivity contribution in [2.24, 2.45) is 17.4 Å². The lowest BCUT2D eigenvalue weighted by molar-refractivity contribution is -0.158. The molecule has 6 N–H and O–H groups in total. The van der Waals surface area contributed by atoms with Crippen molar-refractivity contribution in [1.82, 2.24) is 10.3 Å². The molecule has 0 aromatic carbocycles. The van der Waals surface area contributed by atoms with E-state index in [0.29, 0.717) is 18.3 Å². The number of halogens is 4. The number of anilines is 1. The van der Waals surface area contributed by atoms with E-state index in [1.165, 1.54) is 0 Å². The Morgan fingerprint density at radius 3 is 2.52 bits per heavy atom. The molecule has 1 amide bonds. The number of aromatic nitrogens is 1. The number of nitrogens with two attached hydrogens (primary N) is 2. The second-order valence-corrected chi connectivity index (χ2v) is 7.75. The summed E-state index contributed by atoms with van der Waals surface area (Å²) in [6.45, 7) is 6.89. The summed E-state index contributed by atoms with van der Waals surface area (Å²) in [4.78, 5) is 16.7. The molecule has 1 rings (SSSR count). The van der Waals surface area contributed by atoms with E-state index in [1.807, 2.05) is 13.8 Å². The molecule has 190 valence electrons. The summed E-state index contributed by atoms with van der Waals surface area (Å²) < 4.78 is 59.8. The fourth-order valence-electron chi connectivity index (χ4n) is 2.36. The summed E-state index contributed by atoms with van der Waals surface area (Å²) in [6, 6.07) is 3.09. The van der Waals surface area contributed by atoms with Crippen LogP contribution in [-0.2, 0) is 14.3 Å². The number of rotatable bonds is 13. The molecule has 0 bridgehead atoms. The smallest absolute Gasteiger partial charge is 0.340 e. The molecular weight excluding hydrogens is 446 g/mol. The van der Waals surface area contributed by atoms with Gasteiger partial charge in [0.15, 0.2) is 12.5 Å². The molecule has 1 atom stereocenters. The minimum Gasteiger partial charge on any atom is -0.473 e. The molecule has 0 saturated carbocycles. The van der Waals surface area contributed by atoms with Gasteiger partial charge in [-0.15, -0.1) is 0 Å². The number of nitrogens with one attached hydrogen (secondary N) is 2. The van der Waals surface area contributed by atoms with Crippen LogP contribution in [0.2, 0.25) is 0 Å². The Balaban J connectivity index is 0. The zero-order valence-corrected chi connectivity index (χ0v) is 19.0. The molecule has 8 nitrogen and oxygen atoms in total. The van der Waals surface area contributed by atoms with E-state index in [4.69, 9.17) is 16.2 Å². The van der Waals surface area contributed by atoms with Crippen LogP contribution in [0.1, 0.15) is 40.9 Å². The number of carbonyl (C=O) groups excluding carboxylic acids is 1. The van der Waals surface area contributed by atoms with Gasteiger partial charge >= 0.3 is 12.3 Å². The molecule has 0 aliphatic rings. The Kier molecular flexibility index (Phi) is 10.9. The van der Waals surface area contributed by atoms with Gasteiger partial charge in [0.1, 0.15) is 12.5 Å². The van der Waals surface area contributed by atoms with E-state index >= 15 is 0 Å². The summed E-state index contributed by atoms with van der Waals surface area (Å²) in [5.41, 5.74) is 12.2. The number of carbonyl (C=O) groups is 1. The van der Waals surface area contributed by atoms with Crippen LogP contribution in [0.4, 0.5) is 23.4 Å². The second kappa shape index (κ2) is 12.9. The van der Waals surface area contributed by atoms with Crippen molar-refractivity contribution in [2.75, 3.05) is 25.3 Å². The number of aryl methyl sites for hydroxylation is 1. The molecule has 0 aliphatic heterocycles.